The Balaban J connectivity index is 1.53. The van der Waals surface area contributed by atoms with Gasteiger partial charge in [0.05, 0.1) is 25.7 Å². The van der Waals surface area contributed by atoms with Crippen LogP contribution >= 0.6 is 0 Å². The first-order chi connectivity index (χ1) is 17.2. The van der Waals surface area contributed by atoms with Crippen LogP contribution in [0.3, 0.4) is 0 Å². The lowest BCUT2D eigenvalue weighted by Gasteiger charge is -2.33. The van der Waals surface area contributed by atoms with E-state index < -0.39 is 12.2 Å². The fourth-order valence-electron chi connectivity index (χ4n) is 4.53. The summed E-state index contributed by atoms with van der Waals surface area (Å²) >= 11 is 0. The number of morpholine rings is 1. The average Bonchev–Trinajstić information content (AvgIpc) is 3.44. The average molecular weight is 477 g/mol. The third-order valence-corrected chi connectivity index (χ3v) is 6.49. The molecule has 2 amide bonds. The van der Waals surface area contributed by atoms with Gasteiger partial charge in [0.1, 0.15) is 0 Å². The molecule has 0 aromatic heterocycles. The lowest BCUT2D eigenvalue weighted by Crippen LogP contribution is -2.50. The minimum Gasteiger partial charge on any atom is -0.436 e. The molecule has 0 radical (unpaired) electrons. The summed E-state index contributed by atoms with van der Waals surface area (Å²) in [5.74, 6) is -0.248. The molecule has 2 aliphatic heterocycles. The second kappa shape index (κ2) is 12.3. The molecule has 2 aromatic carbocycles. The van der Waals surface area contributed by atoms with Crippen LogP contribution in [-0.2, 0) is 20.7 Å². The number of nitriles is 1. The molecular weight excluding hydrogens is 444 g/mol. The van der Waals surface area contributed by atoms with Gasteiger partial charge in [0.2, 0.25) is 0 Å². The van der Waals surface area contributed by atoms with Crippen molar-refractivity contribution in [2.45, 2.75) is 31.4 Å². The number of nitrogens with one attached hydrogen (secondary N) is 1. The van der Waals surface area contributed by atoms with Gasteiger partial charge in [-0.25, -0.2) is 4.79 Å². The van der Waals surface area contributed by atoms with Gasteiger partial charge in [0.15, 0.2) is 6.10 Å². The van der Waals surface area contributed by atoms with Crippen LogP contribution in [0, 0.1) is 11.3 Å². The Bertz CT molecular complexity index is 1010. The highest BCUT2D eigenvalue weighted by Gasteiger charge is 2.34. The number of amides is 2. The Hall–Kier alpha value is -3.41. The third-order valence-electron chi connectivity index (χ3n) is 6.49. The Morgan fingerprint density at radius 1 is 1.11 bits per heavy atom. The Morgan fingerprint density at radius 2 is 1.83 bits per heavy atom. The number of hydrogen-bond acceptors (Lipinski definition) is 6. The molecule has 0 aliphatic carbocycles. The summed E-state index contributed by atoms with van der Waals surface area (Å²) in [7, 11) is 0. The number of carbonyl (C=O) groups excluding carboxylic acids is 2. The summed E-state index contributed by atoms with van der Waals surface area (Å²) < 4.78 is 11.2. The van der Waals surface area contributed by atoms with Crippen molar-refractivity contribution >= 4 is 12.0 Å². The van der Waals surface area contributed by atoms with Gasteiger partial charge in [-0.2, -0.15) is 5.26 Å². The molecule has 8 nitrogen and oxygen atoms in total. The molecule has 2 atom stereocenters. The van der Waals surface area contributed by atoms with Gasteiger partial charge >= 0.3 is 6.09 Å². The van der Waals surface area contributed by atoms with Crippen LogP contribution in [0.2, 0.25) is 0 Å². The van der Waals surface area contributed by atoms with Crippen molar-refractivity contribution in [3.63, 3.8) is 0 Å². The van der Waals surface area contributed by atoms with E-state index in [2.05, 4.69) is 11.4 Å². The summed E-state index contributed by atoms with van der Waals surface area (Å²) in [5.41, 5.74) is 3.10. The predicted molar refractivity (Wildman–Crippen MR) is 131 cm³/mol. The maximum absolute atomic E-state index is 13.7. The normalized spacial score (nSPS) is 18.5. The third kappa shape index (κ3) is 6.59. The van der Waals surface area contributed by atoms with E-state index in [1.54, 1.807) is 9.80 Å². The van der Waals surface area contributed by atoms with Gasteiger partial charge in [-0.05, 0) is 29.7 Å². The first-order valence-electron chi connectivity index (χ1n) is 12.2. The number of rotatable bonds is 8. The highest BCUT2D eigenvalue weighted by atomic mass is 16.6. The summed E-state index contributed by atoms with van der Waals surface area (Å²) in [5, 5.41) is 12.4. The van der Waals surface area contributed by atoms with Gasteiger partial charge < -0.3 is 24.6 Å². The van der Waals surface area contributed by atoms with E-state index in [9.17, 15) is 9.59 Å². The maximum Gasteiger partial charge on any atom is 0.410 e. The second-order valence-electron chi connectivity index (χ2n) is 8.83. The van der Waals surface area contributed by atoms with Crippen LogP contribution in [0.1, 0.15) is 18.4 Å². The first kappa shape index (κ1) is 24.7. The summed E-state index contributed by atoms with van der Waals surface area (Å²) in [6.07, 6.45) is -0.150. The molecular formula is C27H32N4O4. The van der Waals surface area contributed by atoms with Crippen LogP contribution in [-0.4, -0.2) is 79.9 Å². The lowest BCUT2D eigenvalue weighted by atomic mass is 10.0. The number of hydrogen-bond donors (Lipinski definition) is 1. The monoisotopic (exact) mass is 476 g/mol. The molecule has 35 heavy (non-hydrogen) atoms. The minimum atomic E-state index is -0.966. The van der Waals surface area contributed by atoms with Crippen molar-refractivity contribution in [3.8, 4) is 17.2 Å². The molecule has 4 rings (SSSR count). The smallest absolute Gasteiger partial charge is 0.410 e. The molecule has 0 saturated carbocycles. The number of nitrogens with zero attached hydrogens (tertiary/aromatic N) is 3. The number of ether oxygens (including phenoxy) is 2. The van der Waals surface area contributed by atoms with E-state index in [1.807, 2.05) is 54.6 Å². The Kier molecular flexibility index (Phi) is 8.71. The predicted octanol–water partition coefficient (Wildman–Crippen LogP) is 2.84. The number of benzene rings is 2. The summed E-state index contributed by atoms with van der Waals surface area (Å²) in [6, 6.07) is 20.2. The van der Waals surface area contributed by atoms with Crippen LogP contribution < -0.4 is 5.32 Å². The van der Waals surface area contributed by atoms with E-state index in [0.29, 0.717) is 39.4 Å². The van der Waals surface area contributed by atoms with Gasteiger partial charge in [-0.15, -0.1) is 0 Å². The molecule has 0 bridgehead atoms. The highest BCUT2D eigenvalue weighted by molar-refractivity contribution is 5.84. The Labute approximate surface area is 206 Å². The SMILES string of the molecule is N#CCCN(C(=O)C(Cc1ccc(-c2ccccc2)cc1)OC(=O)N1CCOCC1)C1CCNC1. The number of carbonyl (C=O) groups is 2. The molecule has 0 spiro atoms. The van der Waals surface area contributed by atoms with Crippen molar-refractivity contribution < 1.29 is 19.1 Å². The van der Waals surface area contributed by atoms with Gasteiger partial charge in [-0.3, -0.25) is 4.79 Å². The van der Waals surface area contributed by atoms with Crippen molar-refractivity contribution in [1.82, 2.24) is 15.1 Å². The highest BCUT2D eigenvalue weighted by Crippen LogP contribution is 2.21. The van der Waals surface area contributed by atoms with E-state index in [4.69, 9.17) is 14.7 Å². The van der Waals surface area contributed by atoms with E-state index in [-0.39, 0.29) is 24.8 Å². The van der Waals surface area contributed by atoms with Crippen molar-refractivity contribution in [1.29, 1.82) is 5.26 Å². The molecule has 2 fully saturated rings. The molecule has 2 unspecified atom stereocenters. The lowest BCUT2D eigenvalue weighted by molar-refractivity contribution is -0.143. The van der Waals surface area contributed by atoms with Crippen molar-refractivity contribution in [2.24, 2.45) is 0 Å². The van der Waals surface area contributed by atoms with E-state index >= 15 is 0 Å². The largest absolute Gasteiger partial charge is 0.436 e. The van der Waals surface area contributed by atoms with E-state index in [1.165, 1.54) is 0 Å². The Morgan fingerprint density at radius 3 is 2.49 bits per heavy atom. The molecule has 2 saturated heterocycles. The standard InChI is InChI=1S/C27H32N4O4/c28-12-4-14-31(24-11-13-29-20-24)26(32)25(35-27(33)30-15-17-34-18-16-30)19-21-7-9-23(10-8-21)22-5-2-1-3-6-22/h1-3,5-10,24-25,29H,4,11,13-20H2. The minimum absolute atomic E-state index is 0.0131. The van der Waals surface area contributed by atoms with Gasteiger partial charge in [0.25, 0.3) is 5.91 Å². The molecule has 1 N–H and O–H groups in total. The molecule has 184 valence electrons. The first-order valence-corrected chi connectivity index (χ1v) is 12.2. The molecule has 2 aromatic rings. The van der Waals surface area contributed by atoms with Crippen LogP contribution in [0.15, 0.2) is 54.6 Å². The van der Waals surface area contributed by atoms with Crippen LogP contribution in [0.4, 0.5) is 4.79 Å². The van der Waals surface area contributed by atoms with Crippen molar-refractivity contribution in [3.05, 3.63) is 60.2 Å². The molecule has 2 aliphatic rings. The maximum atomic E-state index is 13.7. The summed E-state index contributed by atoms with van der Waals surface area (Å²) in [6.45, 7) is 3.60. The molecule has 8 heteroatoms. The van der Waals surface area contributed by atoms with Crippen LogP contribution in [0.5, 0.6) is 0 Å². The quantitative estimate of drug-likeness (QED) is 0.630. The van der Waals surface area contributed by atoms with Gasteiger partial charge in [-0.1, -0.05) is 54.6 Å². The summed E-state index contributed by atoms with van der Waals surface area (Å²) in [4.78, 5) is 29.9. The zero-order valence-corrected chi connectivity index (χ0v) is 19.9. The fourth-order valence-corrected chi connectivity index (χ4v) is 4.53. The fraction of sp³-hybridized carbons (Fsp3) is 0.444. The van der Waals surface area contributed by atoms with Crippen LogP contribution in [0.25, 0.3) is 11.1 Å². The van der Waals surface area contributed by atoms with Gasteiger partial charge in [0, 0.05) is 38.6 Å². The molecule has 2 heterocycles. The second-order valence-corrected chi connectivity index (χ2v) is 8.83. The van der Waals surface area contributed by atoms with E-state index in [0.717, 1.165) is 29.7 Å². The topological polar surface area (TPSA) is 94.9 Å². The van der Waals surface area contributed by atoms with Crippen molar-refractivity contribution in [2.75, 3.05) is 45.9 Å². The zero-order chi connectivity index (χ0) is 24.5. The zero-order valence-electron chi connectivity index (χ0n) is 19.9.